The fourth-order valence-corrected chi connectivity index (χ4v) is 2.38. The summed E-state index contributed by atoms with van der Waals surface area (Å²) in [5, 5.41) is 9.20. The number of hydrogen-bond donors (Lipinski definition) is 1. The molecule has 0 fully saturated rings. The van der Waals surface area contributed by atoms with Gasteiger partial charge in [-0.25, -0.2) is 9.59 Å². The van der Waals surface area contributed by atoms with Crippen molar-refractivity contribution in [3.8, 4) is 11.5 Å². The largest absolute Gasteiger partial charge is 0.479 e. The van der Waals surface area contributed by atoms with Crippen LogP contribution in [0.5, 0.6) is 11.5 Å². The van der Waals surface area contributed by atoms with Crippen LogP contribution in [0.25, 0.3) is 0 Å². The molecule has 5 nitrogen and oxygen atoms in total. The number of halogens is 1. The molecule has 0 heterocycles. The Morgan fingerprint density at radius 1 is 1.08 bits per heavy atom. The third kappa shape index (κ3) is 4.35. The highest BCUT2D eigenvalue weighted by Crippen LogP contribution is 2.25. The Labute approximate surface area is 148 Å². The van der Waals surface area contributed by atoms with Crippen molar-refractivity contribution < 1.29 is 24.2 Å². The Hall–Kier alpha value is -2.34. The summed E-state index contributed by atoms with van der Waals surface area (Å²) in [7, 11) is 0. The molecule has 0 aliphatic rings. The van der Waals surface area contributed by atoms with Gasteiger partial charge in [0.05, 0.1) is 0 Å². The molecule has 0 spiro atoms. The summed E-state index contributed by atoms with van der Waals surface area (Å²) in [4.78, 5) is 23.5. The number of aryl methyl sites for hydroxylation is 2. The highest BCUT2D eigenvalue weighted by Gasteiger charge is 2.21. The predicted octanol–water partition coefficient (Wildman–Crippen LogP) is 4.14. The number of carboxylic acids is 1. The summed E-state index contributed by atoms with van der Waals surface area (Å²) >= 11 is 3.19. The third-order valence-corrected chi connectivity index (χ3v) is 3.86. The first-order valence-corrected chi connectivity index (χ1v) is 8.05. The number of benzene rings is 2. The van der Waals surface area contributed by atoms with Crippen LogP contribution in [-0.2, 0) is 4.79 Å². The topological polar surface area (TPSA) is 72.8 Å². The van der Waals surface area contributed by atoms with Crippen molar-refractivity contribution in [2.45, 2.75) is 26.9 Å². The van der Waals surface area contributed by atoms with Crippen molar-refractivity contribution in [2.24, 2.45) is 0 Å². The normalized spacial score (nSPS) is 11.7. The minimum absolute atomic E-state index is 0.0212. The summed E-state index contributed by atoms with van der Waals surface area (Å²) in [6, 6.07) is 10.1. The van der Waals surface area contributed by atoms with Crippen molar-refractivity contribution in [3.63, 3.8) is 0 Å². The van der Waals surface area contributed by atoms with E-state index >= 15 is 0 Å². The van der Waals surface area contributed by atoms with Crippen molar-refractivity contribution >= 4 is 27.9 Å². The standard InChI is InChI=1S/C18H17BrO5/c1-10-4-5-11(2)16(8-10)23-12(3)18(22)24-15-7-6-13(19)9-14(15)17(20)21/h4-9,12H,1-3H3,(H,20,21). The Balaban J connectivity index is 2.15. The quantitative estimate of drug-likeness (QED) is 0.611. The third-order valence-electron chi connectivity index (χ3n) is 3.36. The maximum Gasteiger partial charge on any atom is 0.352 e. The van der Waals surface area contributed by atoms with Gasteiger partial charge in [0, 0.05) is 4.47 Å². The summed E-state index contributed by atoms with van der Waals surface area (Å²) in [6.45, 7) is 5.36. The zero-order valence-electron chi connectivity index (χ0n) is 13.5. The molecule has 0 radical (unpaired) electrons. The van der Waals surface area contributed by atoms with E-state index < -0.39 is 18.0 Å². The smallest absolute Gasteiger partial charge is 0.352 e. The van der Waals surface area contributed by atoms with Crippen LogP contribution in [0.4, 0.5) is 0 Å². The summed E-state index contributed by atoms with van der Waals surface area (Å²) in [6.07, 6.45) is -0.879. The van der Waals surface area contributed by atoms with E-state index in [4.69, 9.17) is 9.47 Å². The van der Waals surface area contributed by atoms with E-state index in [1.165, 1.54) is 12.1 Å². The van der Waals surface area contributed by atoms with E-state index in [-0.39, 0.29) is 11.3 Å². The van der Waals surface area contributed by atoms with Crippen molar-refractivity contribution in [1.82, 2.24) is 0 Å². The summed E-state index contributed by atoms with van der Waals surface area (Å²) in [5.74, 6) is -1.27. The Morgan fingerprint density at radius 2 is 1.79 bits per heavy atom. The molecule has 2 aromatic carbocycles. The lowest BCUT2D eigenvalue weighted by Gasteiger charge is -2.16. The first kappa shape index (κ1) is 18.0. The lowest BCUT2D eigenvalue weighted by atomic mass is 10.1. The SMILES string of the molecule is Cc1ccc(C)c(OC(C)C(=O)Oc2ccc(Br)cc2C(=O)O)c1. The van der Waals surface area contributed by atoms with Gasteiger partial charge in [-0.3, -0.25) is 0 Å². The molecular weight excluding hydrogens is 376 g/mol. The molecule has 0 amide bonds. The molecule has 0 bridgehead atoms. The maximum atomic E-state index is 12.2. The fraction of sp³-hybridized carbons (Fsp3) is 0.222. The first-order chi connectivity index (χ1) is 11.3. The van der Waals surface area contributed by atoms with Gasteiger partial charge in [-0.2, -0.15) is 0 Å². The van der Waals surface area contributed by atoms with E-state index in [0.717, 1.165) is 11.1 Å². The number of carbonyl (C=O) groups is 2. The molecule has 0 aliphatic carbocycles. The Bertz CT molecular complexity index is 785. The highest BCUT2D eigenvalue weighted by molar-refractivity contribution is 9.10. The predicted molar refractivity (Wildman–Crippen MR) is 92.7 cm³/mol. The molecule has 24 heavy (non-hydrogen) atoms. The zero-order valence-corrected chi connectivity index (χ0v) is 15.1. The molecule has 0 saturated carbocycles. The molecule has 1 unspecified atom stereocenters. The second-order valence-corrected chi connectivity index (χ2v) is 6.31. The number of ether oxygens (including phenoxy) is 2. The van der Waals surface area contributed by atoms with Gasteiger partial charge in [-0.1, -0.05) is 28.1 Å². The number of hydrogen-bond acceptors (Lipinski definition) is 4. The lowest BCUT2D eigenvalue weighted by Crippen LogP contribution is -2.29. The molecule has 1 N–H and O–H groups in total. The van der Waals surface area contributed by atoms with E-state index in [1.54, 1.807) is 13.0 Å². The molecule has 6 heteroatoms. The number of esters is 1. The second-order valence-electron chi connectivity index (χ2n) is 5.40. The van der Waals surface area contributed by atoms with Gasteiger partial charge in [0.25, 0.3) is 0 Å². The van der Waals surface area contributed by atoms with Crippen molar-refractivity contribution in [3.05, 3.63) is 57.6 Å². The van der Waals surface area contributed by atoms with Gasteiger partial charge in [0.1, 0.15) is 17.1 Å². The average molecular weight is 393 g/mol. The van der Waals surface area contributed by atoms with Crippen LogP contribution in [0.3, 0.4) is 0 Å². The number of aromatic carboxylic acids is 1. The first-order valence-electron chi connectivity index (χ1n) is 7.26. The highest BCUT2D eigenvalue weighted by atomic mass is 79.9. The van der Waals surface area contributed by atoms with E-state index in [1.807, 2.05) is 32.0 Å². The monoisotopic (exact) mass is 392 g/mol. The van der Waals surface area contributed by atoms with Crippen LogP contribution in [0.2, 0.25) is 0 Å². The molecule has 0 saturated heterocycles. The van der Waals surface area contributed by atoms with E-state index in [0.29, 0.717) is 10.2 Å². The van der Waals surface area contributed by atoms with Crippen LogP contribution >= 0.6 is 15.9 Å². The second kappa shape index (κ2) is 7.49. The van der Waals surface area contributed by atoms with Crippen LogP contribution in [0.15, 0.2) is 40.9 Å². The molecule has 2 rings (SSSR count). The number of carbonyl (C=O) groups excluding carboxylic acids is 1. The van der Waals surface area contributed by atoms with Gasteiger partial charge >= 0.3 is 11.9 Å². The Morgan fingerprint density at radius 3 is 2.46 bits per heavy atom. The fourth-order valence-electron chi connectivity index (χ4n) is 2.02. The van der Waals surface area contributed by atoms with Gasteiger partial charge < -0.3 is 14.6 Å². The van der Waals surface area contributed by atoms with Gasteiger partial charge in [0.2, 0.25) is 0 Å². The van der Waals surface area contributed by atoms with Gasteiger partial charge in [-0.15, -0.1) is 0 Å². The minimum Gasteiger partial charge on any atom is -0.479 e. The van der Waals surface area contributed by atoms with Crippen molar-refractivity contribution in [1.29, 1.82) is 0 Å². The average Bonchev–Trinajstić information content (AvgIpc) is 2.52. The lowest BCUT2D eigenvalue weighted by molar-refractivity contribution is -0.141. The molecule has 126 valence electrons. The summed E-state index contributed by atoms with van der Waals surface area (Å²) in [5.41, 5.74) is 1.81. The van der Waals surface area contributed by atoms with Crippen molar-refractivity contribution in [2.75, 3.05) is 0 Å². The van der Waals surface area contributed by atoms with Gasteiger partial charge in [-0.05, 0) is 56.2 Å². The number of rotatable bonds is 5. The maximum absolute atomic E-state index is 12.2. The zero-order chi connectivity index (χ0) is 17.9. The molecular formula is C18H17BrO5. The summed E-state index contributed by atoms with van der Waals surface area (Å²) < 4.78 is 11.4. The van der Waals surface area contributed by atoms with Crippen LogP contribution in [0, 0.1) is 13.8 Å². The Kier molecular flexibility index (Phi) is 5.62. The van der Waals surface area contributed by atoms with Gasteiger partial charge in [0.15, 0.2) is 6.10 Å². The van der Waals surface area contributed by atoms with E-state index in [2.05, 4.69) is 15.9 Å². The molecule has 0 aromatic heterocycles. The molecule has 1 atom stereocenters. The van der Waals surface area contributed by atoms with E-state index in [9.17, 15) is 14.7 Å². The minimum atomic E-state index is -1.18. The van der Waals surface area contributed by atoms with Crippen LogP contribution in [-0.4, -0.2) is 23.1 Å². The van der Waals surface area contributed by atoms with Crippen LogP contribution < -0.4 is 9.47 Å². The van der Waals surface area contributed by atoms with Crippen LogP contribution in [0.1, 0.15) is 28.4 Å². The number of carboxylic acid groups (broad SMARTS) is 1. The molecule has 2 aromatic rings. The molecule has 0 aliphatic heterocycles.